The van der Waals surface area contributed by atoms with Crippen LogP contribution in [-0.4, -0.2) is 25.3 Å². The molecular formula is C19H24N2O2. The molecule has 0 radical (unpaired) electrons. The first-order valence-corrected chi connectivity index (χ1v) is 8.36. The average Bonchev–Trinajstić information content (AvgIpc) is 2.83. The zero-order valence-electron chi connectivity index (χ0n) is 13.5. The molecule has 2 amide bonds. The summed E-state index contributed by atoms with van der Waals surface area (Å²) < 4.78 is 5.43. The molecular weight excluding hydrogens is 288 g/mol. The fourth-order valence-electron chi connectivity index (χ4n) is 3.03. The first-order chi connectivity index (χ1) is 11.2. The standard InChI is InChI=1S/C19H24N2O2/c1-14(16-9-8-15-5-2-3-6-17(15)13-16)20-19(22)21-18-7-4-11-23-12-10-18/h2-3,5-6,8-9,13-14,18H,4,7,10-12H2,1H3,(H2,20,21,22)/t14-,18+/m1/s1. The Labute approximate surface area is 137 Å². The third-order valence-corrected chi connectivity index (χ3v) is 4.41. The van der Waals surface area contributed by atoms with Gasteiger partial charge in [0, 0.05) is 19.3 Å². The van der Waals surface area contributed by atoms with Crippen LogP contribution in [0.2, 0.25) is 0 Å². The normalized spacial score (nSPS) is 19.8. The van der Waals surface area contributed by atoms with Crippen molar-refractivity contribution in [3.05, 3.63) is 48.0 Å². The lowest BCUT2D eigenvalue weighted by Crippen LogP contribution is -2.43. The molecule has 1 aliphatic rings. The molecule has 2 atom stereocenters. The van der Waals surface area contributed by atoms with E-state index < -0.39 is 0 Å². The van der Waals surface area contributed by atoms with Gasteiger partial charge in [0.25, 0.3) is 0 Å². The number of ether oxygens (including phenoxy) is 1. The minimum absolute atomic E-state index is 0.0263. The third-order valence-electron chi connectivity index (χ3n) is 4.41. The molecule has 122 valence electrons. The largest absolute Gasteiger partial charge is 0.381 e. The Morgan fingerprint density at radius 2 is 1.96 bits per heavy atom. The summed E-state index contributed by atoms with van der Waals surface area (Å²) in [6, 6.07) is 14.7. The molecule has 0 bridgehead atoms. The van der Waals surface area contributed by atoms with Gasteiger partial charge in [0.05, 0.1) is 6.04 Å². The number of carbonyl (C=O) groups is 1. The molecule has 1 heterocycles. The molecule has 0 aromatic heterocycles. The van der Waals surface area contributed by atoms with Crippen LogP contribution in [0.5, 0.6) is 0 Å². The van der Waals surface area contributed by atoms with Crippen LogP contribution in [0.3, 0.4) is 0 Å². The monoisotopic (exact) mass is 312 g/mol. The molecule has 0 unspecified atom stereocenters. The van der Waals surface area contributed by atoms with E-state index in [9.17, 15) is 4.79 Å². The van der Waals surface area contributed by atoms with Gasteiger partial charge < -0.3 is 15.4 Å². The topological polar surface area (TPSA) is 50.4 Å². The number of nitrogens with one attached hydrogen (secondary N) is 2. The molecule has 0 aliphatic carbocycles. The van der Waals surface area contributed by atoms with E-state index >= 15 is 0 Å². The fraction of sp³-hybridized carbons (Fsp3) is 0.421. The van der Waals surface area contributed by atoms with E-state index in [1.165, 1.54) is 10.8 Å². The van der Waals surface area contributed by atoms with Gasteiger partial charge in [-0.15, -0.1) is 0 Å². The third kappa shape index (κ3) is 4.23. The Hall–Kier alpha value is -2.07. The molecule has 3 rings (SSSR count). The summed E-state index contributed by atoms with van der Waals surface area (Å²) in [5, 5.41) is 8.51. The molecule has 1 saturated heterocycles. The lowest BCUT2D eigenvalue weighted by Gasteiger charge is -2.20. The van der Waals surface area contributed by atoms with Gasteiger partial charge in [-0.25, -0.2) is 4.79 Å². The van der Waals surface area contributed by atoms with Crippen LogP contribution in [0.25, 0.3) is 10.8 Å². The van der Waals surface area contributed by atoms with Crippen molar-refractivity contribution in [2.24, 2.45) is 0 Å². The van der Waals surface area contributed by atoms with Gasteiger partial charge in [0.15, 0.2) is 0 Å². The minimum atomic E-state index is -0.0995. The van der Waals surface area contributed by atoms with Crippen molar-refractivity contribution >= 4 is 16.8 Å². The number of rotatable bonds is 3. The van der Waals surface area contributed by atoms with Crippen molar-refractivity contribution in [3.63, 3.8) is 0 Å². The highest BCUT2D eigenvalue weighted by atomic mass is 16.5. The van der Waals surface area contributed by atoms with E-state index in [1.807, 2.05) is 19.1 Å². The van der Waals surface area contributed by atoms with Gasteiger partial charge in [-0.1, -0.05) is 36.4 Å². The van der Waals surface area contributed by atoms with Gasteiger partial charge in [0.1, 0.15) is 0 Å². The molecule has 2 aromatic carbocycles. The maximum Gasteiger partial charge on any atom is 0.315 e. The molecule has 23 heavy (non-hydrogen) atoms. The van der Waals surface area contributed by atoms with Crippen LogP contribution >= 0.6 is 0 Å². The first kappa shape index (κ1) is 15.8. The van der Waals surface area contributed by atoms with Crippen molar-refractivity contribution in [1.29, 1.82) is 0 Å². The number of hydrogen-bond donors (Lipinski definition) is 2. The molecule has 0 saturated carbocycles. The van der Waals surface area contributed by atoms with Crippen molar-refractivity contribution in [1.82, 2.24) is 10.6 Å². The summed E-state index contributed by atoms with van der Waals surface area (Å²) in [5.41, 5.74) is 1.11. The van der Waals surface area contributed by atoms with Crippen LogP contribution in [-0.2, 0) is 4.74 Å². The predicted octanol–water partition coefficient (Wildman–Crippen LogP) is 3.77. The van der Waals surface area contributed by atoms with Crippen LogP contribution in [0.1, 0.15) is 37.8 Å². The maximum absolute atomic E-state index is 12.2. The van der Waals surface area contributed by atoms with Gasteiger partial charge in [-0.3, -0.25) is 0 Å². The Morgan fingerprint density at radius 1 is 1.13 bits per heavy atom. The van der Waals surface area contributed by atoms with Gasteiger partial charge in [0.2, 0.25) is 0 Å². The second-order valence-corrected chi connectivity index (χ2v) is 6.19. The first-order valence-electron chi connectivity index (χ1n) is 8.36. The average molecular weight is 312 g/mol. The van der Waals surface area contributed by atoms with Crippen LogP contribution in [0, 0.1) is 0 Å². The van der Waals surface area contributed by atoms with Crippen molar-refractivity contribution in [3.8, 4) is 0 Å². The smallest absolute Gasteiger partial charge is 0.315 e. The fourth-order valence-corrected chi connectivity index (χ4v) is 3.03. The molecule has 2 N–H and O–H groups in total. The minimum Gasteiger partial charge on any atom is -0.381 e. The lowest BCUT2D eigenvalue weighted by atomic mass is 10.0. The zero-order valence-corrected chi connectivity index (χ0v) is 13.5. The van der Waals surface area contributed by atoms with E-state index in [1.54, 1.807) is 0 Å². The summed E-state index contributed by atoms with van der Waals surface area (Å²) in [4.78, 5) is 12.2. The van der Waals surface area contributed by atoms with Crippen LogP contribution < -0.4 is 10.6 Å². The predicted molar refractivity (Wildman–Crippen MR) is 92.5 cm³/mol. The summed E-state index contributed by atoms with van der Waals surface area (Å²) in [5.74, 6) is 0. The van der Waals surface area contributed by atoms with Crippen LogP contribution in [0.4, 0.5) is 4.79 Å². The number of amides is 2. The lowest BCUT2D eigenvalue weighted by molar-refractivity contribution is 0.142. The maximum atomic E-state index is 12.2. The second-order valence-electron chi connectivity index (χ2n) is 6.19. The Morgan fingerprint density at radius 3 is 2.83 bits per heavy atom. The highest BCUT2D eigenvalue weighted by molar-refractivity contribution is 5.83. The molecule has 2 aromatic rings. The number of urea groups is 1. The molecule has 4 heteroatoms. The van der Waals surface area contributed by atoms with Gasteiger partial charge in [-0.05, 0) is 48.6 Å². The van der Waals surface area contributed by atoms with E-state index in [4.69, 9.17) is 4.74 Å². The number of carbonyl (C=O) groups excluding carboxylic acids is 1. The summed E-state index contributed by atoms with van der Waals surface area (Å²) in [7, 11) is 0. The quantitative estimate of drug-likeness (QED) is 0.906. The highest BCUT2D eigenvalue weighted by Gasteiger charge is 2.16. The van der Waals surface area contributed by atoms with Gasteiger partial charge in [-0.2, -0.15) is 0 Å². The summed E-state index contributed by atoms with van der Waals surface area (Å²) in [6.45, 7) is 3.54. The van der Waals surface area contributed by atoms with E-state index in [0.29, 0.717) is 0 Å². The molecule has 1 aliphatic heterocycles. The van der Waals surface area contributed by atoms with Crippen LogP contribution in [0.15, 0.2) is 42.5 Å². The van der Waals surface area contributed by atoms with Crippen molar-refractivity contribution < 1.29 is 9.53 Å². The number of benzene rings is 2. The number of hydrogen-bond acceptors (Lipinski definition) is 2. The zero-order chi connectivity index (χ0) is 16.1. The highest BCUT2D eigenvalue weighted by Crippen LogP contribution is 2.20. The SMILES string of the molecule is C[C@@H](NC(=O)N[C@H]1CCCOCC1)c1ccc2ccccc2c1. The number of fused-ring (bicyclic) bond motifs is 1. The summed E-state index contributed by atoms with van der Waals surface area (Å²) >= 11 is 0. The van der Waals surface area contributed by atoms with E-state index in [2.05, 4.69) is 41.0 Å². The molecule has 1 fully saturated rings. The molecule has 0 spiro atoms. The summed E-state index contributed by atoms with van der Waals surface area (Å²) in [6.07, 6.45) is 2.88. The Balaban J connectivity index is 1.60. The van der Waals surface area contributed by atoms with Gasteiger partial charge >= 0.3 is 6.03 Å². The second kappa shape index (κ2) is 7.47. The van der Waals surface area contributed by atoms with Crippen molar-refractivity contribution in [2.75, 3.05) is 13.2 Å². The van der Waals surface area contributed by atoms with E-state index in [0.717, 1.165) is 38.0 Å². The Kier molecular flexibility index (Phi) is 5.13. The Bertz CT molecular complexity index is 663. The molecule has 4 nitrogen and oxygen atoms in total. The van der Waals surface area contributed by atoms with Crippen molar-refractivity contribution in [2.45, 2.75) is 38.3 Å². The van der Waals surface area contributed by atoms with E-state index in [-0.39, 0.29) is 18.1 Å².